The van der Waals surface area contributed by atoms with Crippen molar-refractivity contribution >= 4 is 33.9 Å². The number of unbranched alkanes of at least 4 members (excludes halogenated alkanes) is 1. The summed E-state index contributed by atoms with van der Waals surface area (Å²) in [4.78, 5) is 40.9. The number of alkyl halides is 3. The molecule has 194 valence electrons. The number of anilines is 1. The number of hydrogen-bond donors (Lipinski definition) is 1. The third-order valence-electron chi connectivity index (χ3n) is 6.44. The summed E-state index contributed by atoms with van der Waals surface area (Å²) < 4.78 is 41.5. The van der Waals surface area contributed by atoms with Crippen LogP contribution in [0, 0.1) is 0 Å². The number of benzene rings is 1. The highest BCUT2D eigenvalue weighted by Crippen LogP contribution is 2.31. The van der Waals surface area contributed by atoms with E-state index in [1.807, 2.05) is 4.90 Å². The molecular weight excluding hydrogens is 497 g/mol. The highest BCUT2D eigenvalue weighted by Gasteiger charge is 2.31. The fourth-order valence-corrected chi connectivity index (χ4v) is 5.28. The summed E-state index contributed by atoms with van der Waals surface area (Å²) in [7, 11) is 0. The molecule has 1 fully saturated rings. The first-order valence-electron chi connectivity index (χ1n) is 11.7. The van der Waals surface area contributed by atoms with Gasteiger partial charge in [-0.15, -0.1) is 11.3 Å². The van der Waals surface area contributed by atoms with E-state index in [-0.39, 0.29) is 25.1 Å². The predicted molar refractivity (Wildman–Crippen MR) is 132 cm³/mol. The highest BCUT2D eigenvalue weighted by molar-refractivity contribution is 7.09. The van der Waals surface area contributed by atoms with Crippen molar-refractivity contribution in [2.75, 3.05) is 37.6 Å². The number of carbonyl (C=O) groups is 1. The molecule has 0 unspecified atom stereocenters. The van der Waals surface area contributed by atoms with Crippen LogP contribution in [-0.4, -0.2) is 57.8 Å². The quantitative estimate of drug-likeness (QED) is 0.432. The van der Waals surface area contributed by atoms with E-state index in [0.29, 0.717) is 49.2 Å². The number of carboxylic acids is 1. The summed E-state index contributed by atoms with van der Waals surface area (Å²) in [5, 5.41) is 12.8. The van der Waals surface area contributed by atoms with E-state index in [1.165, 1.54) is 32.6 Å². The molecule has 0 spiro atoms. The third-order valence-corrected chi connectivity index (χ3v) is 7.17. The molecular formula is C24H27F3N4O4S. The molecule has 0 aliphatic carbocycles. The normalized spacial score (nSPS) is 15.0. The molecule has 8 nitrogen and oxygen atoms in total. The second-order valence-corrected chi connectivity index (χ2v) is 9.53. The monoisotopic (exact) mass is 524 g/mol. The highest BCUT2D eigenvalue weighted by atomic mass is 32.1. The Morgan fingerprint density at radius 3 is 2.39 bits per heavy atom. The molecule has 3 heterocycles. The molecule has 0 saturated carbocycles. The zero-order valence-electron chi connectivity index (χ0n) is 19.5. The van der Waals surface area contributed by atoms with Gasteiger partial charge in [0.25, 0.3) is 5.56 Å². The van der Waals surface area contributed by atoms with Gasteiger partial charge < -0.3 is 10.0 Å². The largest absolute Gasteiger partial charge is 0.481 e. The number of halogens is 3. The number of aliphatic carboxylic acids is 1. The van der Waals surface area contributed by atoms with Crippen molar-refractivity contribution in [2.45, 2.75) is 38.5 Å². The fourth-order valence-electron chi connectivity index (χ4n) is 4.48. The van der Waals surface area contributed by atoms with Gasteiger partial charge in [0.05, 0.1) is 22.9 Å². The molecule has 1 aliphatic heterocycles. The number of aryl methyl sites for hydroxylation is 1. The summed E-state index contributed by atoms with van der Waals surface area (Å²) in [5.41, 5.74) is -0.488. The van der Waals surface area contributed by atoms with Crippen LogP contribution in [0.15, 0.2) is 44.6 Å². The molecule has 0 bridgehead atoms. The van der Waals surface area contributed by atoms with Crippen LogP contribution in [0.25, 0.3) is 10.9 Å². The van der Waals surface area contributed by atoms with Crippen molar-refractivity contribution in [3.63, 3.8) is 0 Å². The van der Waals surface area contributed by atoms with Crippen LogP contribution in [0.5, 0.6) is 0 Å². The van der Waals surface area contributed by atoms with E-state index in [4.69, 9.17) is 5.11 Å². The molecule has 1 saturated heterocycles. The fraction of sp³-hybridized carbons (Fsp3) is 0.458. The lowest BCUT2D eigenvalue weighted by Crippen LogP contribution is -2.46. The molecule has 36 heavy (non-hydrogen) atoms. The standard InChI is InChI=1S/C24H27F3N4O4S/c25-24(26,27)17-4-3-5-18(14-17)29-12-10-28(11-13-29)7-1-2-8-31-22(34)19-15-36-16-20(19)30(23(31)35)9-6-21(32)33/h3-5,14-16H,1-2,6-13H2,(H,32,33). The van der Waals surface area contributed by atoms with E-state index in [1.54, 1.807) is 16.8 Å². The van der Waals surface area contributed by atoms with E-state index >= 15 is 0 Å². The number of aromatic nitrogens is 2. The topological polar surface area (TPSA) is 87.8 Å². The molecule has 0 amide bonds. The minimum absolute atomic E-state index is 0.00215. The zero-order valence-corrected chi connectivity index (χ0v) is 20.4. The molecule has 1 N–H and O–H groups in total. The molecule has 12 heteroatoms. The van der Waals surface area contributed by atoms with Crippen LogP contribution in [-0.2, 0) is 24.1 Å². The van der Waals surface area contributed by atoms with Crippen LogP contribution >= 0.6 is 11.3 Å². The number of rotatable bonds is 9. The average Bonchev–Trinajstić information content (AvgIpc) is 3.33. The van der Waals surface area contributed by atoms with Gasteiger partial charge in [-0.3, -0.25) is 23.6 Å². The first-order valence-corrected chi connectivity index (χ1v) is 12.7. The SMILES string of the molecule is O=C(O)CCn1c(=O)n(CCCCN2CCN(c3cccc(C(F)(F)F)c3)CC2)c(=O)c2cscc21. The number of nitrogens with zero attached hydrogens (tertiary/aromatic N) is 4. The number of piperazine rings is 1. The maximum atomic E-state index is 13.0. The van der Waals surface area contributed by atoms with Crippen molar-refractivity contribution in [3.05, 3.63) is 61.4 Å². The number of thiophene rings is 1. The lowest BCUT2D eigenvalue weighted by molar-refractivity contribution is -0.138. The zero-order chi connectivity index (χ0) is 25.9. The number of fused-ring (bicyclic) bond motifs is 1. The number of hydrogen-bond acceptors (Lipinski definition) is 6. The van der Waals surface area contributed by atoms with Crippen LogP contribution < -0.4 is 16.1 Å². The second-order valence-electron chi connectivity index (χ2n) is 8.79. The van der Waals surface area contributed by atoms with Crippen molar-refractivity contribution in [3.8, 4) is 0 Å². The summed E-state index contributed by atoms with van der Waals surface area (Å²) in [6, 6.07) is 5.37. The van der Waals surface area contributed by atoms with Crippen molar-refractivity contribution in [1.82, 2.24) is 14.0 Å². The van der Waals surface area contributed by atoms with Gasteiger partial charge in [-0.1, -0.05) is 6.07 Å². The molecule has 0 radical (unpaired) electrons. The van der Waals surface area contributed by atoms with Gasteiger partial charge in [-0.05, 0) is 37.6 Å². The van der Waals surface area contributed by atoms with Crippen molar-refractivity contribution in [2.24, 2.45) is 0 Å². The van der Waals surface area contributed by atoms with Gasteiger partial charge in [0.15, 0.2) is 0 Å². The second kappa shape index (κ2) is 10.9. The van der Waals surface area contributed by atoms with Crippen LogP contribution in [0.4, 0.5) is 18.9 Å². The van der Waals surface area contributed by atoms with E-state index in [0.717, 1.165) is 19.0 Å². The Bertz CT molecular complexity index is 1340. The van der Waals surface area contributed by atoms with Crippen LogP contribution in [0.1, 0.15) is 24.8 Å². The minimum atomic E-state index is -4.37. The van der Waals surface area contributed by atoms with Crippen LogP contribution in [0.3, 0.4) is 0 Å². The first kappa shape index (κ1) is 26.0. The van der Waals surface area contributed by atoms with Gasteiger partial charge >= 0.3 is 17.8 Å². The Morgan fingerprint density at radius 1 is 0.972 bits per heavy atom. The Balaban J connectivity index is 1.32. The lowest BCUT2D eigenvalue weighted by atomic mass is 10.1. The Labute approximate surface area is 208 Å². The minimum Gasteiger partial charge on any atom is -0.481 e. The van der Waals surface area contributed by atoms with Crippen molar-refractivity contribution < 1.29 is 23.1 Å². The Morgan fingerprint density at radius 2 is 1.69 bits per heavy atom. The summed E-state index contributed by atoms with van der Waals surface area (Å²) >= 11 is 1.29. The maximum absolute atomic E-state index is 13.0. The molecule has 4 rings (SSSR count). The average molecular weight is 525 g/mol. The van der Waals surface area contributed by atoms with Gasteiger partial charge in [0, 0.05) is 55.7 Å². The summed E-state index contributed by atoms with van der Waals surface area (Å²) in [6.07, 6.45) is -3.24. The first-order chi connectivity index (χ1) is 17.1. The van der Waals surface area contributed by atoms with E-state index in [9.17, 15) is 27.6 Å². The van der Waals surface area contributed by atoms with Crippen LogP contribution in [0.2, 0.25) is 0 Å². The summed E-state index contributed by atoms with van der Waals surface area (Å²) in [5.74, 6) is -1.02. The predicted octanol–water partition coefficient (Wildman–Crippen LogP) is 3.32. The molecule has 3 aromatic rings. The molecule has 2 aromatic heterocycles. The van der Waals surface area contributed by atoms with Gasteiger partial charge in [0.2, 0.25) is 0 Å². The third kappa shape index (κ3) is 5.81. The van der Waals surface area contributed by atoms with E-state index in [2.05, 4.69) is 4.90 Å². The molecule has 0 atom stereocenters. The lowest BCUT2D eigenvalue weighted by Gasteiger charge is -2.36. The summed E-state index contributed by atoms with van der Waals surface area (Å²) in [6.45, 7) is 3.63. The van der Waals surface area contributed by atoms with Gasteiger partial charge in [0.1, 0.15) is 0 Å². The molecule has 1 aromatic carbocycles. The van der Waals surface area contributed by atoms with Crippen molar-refractivity contribution in [1.29, 1.82) is 0 Å². The van der Waals surface area contributed by atoms with Gasteiger partial charge in [-0.2, -0.15) is 13.2 Å². The van der Waals surface area contributed by atoms with Gasteiger partial charge in [-0.25, -0.2) is 4.79 Å². The molecule has 1 aliphatic rings. The maximum Gasteiger partial charge on any atom is 0.416 e. The Kier molecular flexibility index (Phi) is 7.84. The smallest absolute Gasteiger partial charge is 0.416 e. The van der Waals surface area contributed by atoms with E-state index < -0.39 is 23.4 Å². The number of carboxylic acid groups (broad SMARTS) is 1. The Hall–Kier alpha value is -3.12.